The van der Waals surface area contributed by atoms with Crippen LogP contribution in [0.4, 0.5) is 4.39 Å². The first-order valence-electron chi connectivity index (χ1n) is 3.45. The Bertz CT molecular complexity index is 343. The number of carbonyl (C=O) groups is 1. The van der Waals surface area contributed by atoms with Crippen molar-refractivity contribution < 1.29 is 14.3 Å². The first kappa shape index (κ1) is 10.1. The average Bonchev–Trinajstić information content (AvgIpc) is 2.08. The molecule has 0 fully saturated rings. The van der Waals surface area contributed by atoms with E-state index in [0.29, 0.717) is 4.47 Å². The molecule has 1 aromatic rings. The highest BCUT2D eigenvalue weighted by Gasteiger charge is 2.17. The molecule has 3 N–H and O–H groups in total. The van der Waals surface area contributed by atoms with Crippen molar-refractivity contribution in [3.63, 3.8) is 0 Å². The lowest BCUT2D eigenvalue weighted by Crippen LogP contribution is -2.21. The van der Waals surface area contributed by atoms with Crippen molar-refractivity contribution in [2.24, 2.45) is 5.73 Å². The Balaban J connectivity index is 3.12. The van der Waals surface area contributed by atoms with Crippen molar-refractivity contribution in [1.29, 1.82) is 0 Å². The standard InChI is InChI=1S/C8H7BrFNO2/c9-6-2-1-4(10)3-5(6)7(11)8(12)13/h1-3,7H,11H2,(H,12,13)/t7-/m0/s1. The Morgan fingerprint density at radius 2 is 2.23 bits per heavy atom. The Labute approximate surface area is 82.5 Å². The van der Waals surface area contributed by atoms with E-state index in [9.17, 15) is 9.18 Å². The van der Waals surface area contributed by atoms with Gasteiger partial charge >= 0.3 is 5.97 Å². The van der Waals surface area contributed by atoms with Gasteiger partial charge in [0.05, 0.1) is 0 Å². The molecule has 0 saturated heterocycles. The molecule has 70 valence electrons. The number of hydrogen-bond acceptors (Lipinski definition) is 2. The monoisotopic (exact) mass is 247 g/mol. The van der Waals surface area contributed by atoms with Crippen molar-refractivity contribution in [2.45, 2.75) is 6.04 Å². The molecule has 0 aromatic heterocycles. The van der Waals surface area contributed by atoms with Gasteiger partial charge < -0.3 is 10.8 Å². The van der Waals surface area contributed by atoms with Gasteiger partial charge in [0.1, 0.15) is 11.9 Å². The van der Waals surface area contributed by atoms with Crippen LogP contribution in [0.1, 0.15) is 11.6 Å². The zero-order chi connectivity index (χ0) is 10.0. The fourth-order valence-corrected chi connectivity index (χ4v) is 1.38. The molecule has 0 radical (unpaired) electrons. The summed E-state index contributed by atoms with van der Waals surface area (Å²) < 4.78 is 13.2. The number of nitrogens with two attached hydrogens (primary N) is 1. The lowest BCUT2D eigenvalue weighted by molar-refractivity contribution is -0.138. The van der Waals surface area contributed by atoms with Crippen LogP contribution in [-0.2, 0) is 4.79 Å². The first-order valence-corrected chi connectivity index (χ1v) is 4.25. The average molecular weight is 248 g/mol. The van der Waals surface area contributed by atoms with Crippen LogP contribution in [0, 0.1) is 5.82 Å². The predicted molar refractivity (Wildman–Crippen MR) is 48.7 cm³/mol. The van der Waals surface area contributed by atoms with E-state index in [4.69, 9.17) is 10.8 Å². The molecule has 0 amide bonds. The van der Waals surface area contributed by atoms with E-state index in [-0.39, 0.29) is 5.56 Å². The topological polar surface area (TPSA) is 63.3 Å². The van der Waals surface area contributed by atoms with Crippen molar-refractivity contribution in [2.75, 3.05) is 0 Å². The van der Waals surface area contributed by atoms with Gasteiger partial charge in [0.25, 0.3) is 0 Å². The van der Waals surface area contributed by atoms with Crippen LogP contribution in [0.15, 0.2) is 22.7 Å². The molecule has 1 atom stereocenters. The normalized spacial score (nSPS) is 12.5. The maximum Gasteiger partial charge on any atom is 0.325 e. The highest BCUT2D eigenvalue weighted by Crippen LogP contribution is 2.22. The molecule has 1 aromatic carbocycles. The minimum Gasteiger partial charge on any atom is -0.480 e. The van der Waals surface area contributed by atoms with Gasteiger partial charge in [0.2, 0.25) is 0 Å². The quantitative estimate of drug-likeness (QED) is 0.836. The smallest absolute Gasteiger partial charge is 0.325 e. The van der Waals surface area contributed by atoms with Gasteiger partial charge in [-0.25, -0.2) is 4.39 Å². The van der Waals surface area contributed by atoms with E-state index >= 15 is 0 Å². The van der Waals surface area contributed by atoms with E-state index in [1.807, 2.05) is 0 Å². The van der Waals surface area contributed by atoms with E-state index in [0.717, 1.165) is 6.07 Å². The zero-order valence-corrected chi connectivity index (χ0v) is 8.08. The molecule has 13 heavy (non-hydrogen) atoms. The molecular weight excluding hydrogens is 241 g/mol. The fraction of sp³-hybridized carbons (Fsp3) is 0.125. The van der Waals surface area contributed by atoms with Crippen LogP contribution in [0.2, 0.25) is 0 Å². The van der Waals surface area contributed by atoms with Crippen LogP contribution < -0.4 is 5.73 Å². The number of carboxylic acid groups (broad SMARTS) is 1. The summed E-state index contributed by atoms with van der Waals surface area (Å²) in [6.07, 6.45) is 0. The zero-order valence-electron chi connectivity index (χ0n) is 6.50. The molecule has 1 rings (SSSR count). The molecule has 0 heterocycles. The van der Waals surface area contributed by atoms with Gasteiger partial charge in [-0.1, -0.05) is 15.9 Å². The van der Waals surface area contributed by atoms with Crippen LogP contribution in [0.5, 0.6) is 0 Å². The summed E-state index contributed by atoms with van der Waals surface area (Å²) in [6.45, 7) is 0. The van der Waals surface area contributed by atoms with Crippen molar-refractivity contribution in [3.8, 4) is 0 Å². The Hall–Kier alpha value is -0.940. The number of hydrogen-bond donors (Lipinski definition) is 2. The highest BCUT2D eigenvalue weighted by molar-refractivity contribution is 9.10. The lowest BCUT2D eigenvalue weighted by Gasteiger charge is -2.08. The molecule has 3 nitrogen and oxygen atoms in total. The molecule has 0 bridgehead atoms. The van der Waals surface area contributed by atoms with Crippen LogP contribution in [-0.4, -0.2) is 11.1 Å². The Morgan fingerprint density at radius 3 is 2.77 bits per heavy atom. The third-order valence-corrected chi connectivity index (χ3v) is 2.28. The van der Waals surface area contributed by atoms with Gasteiger partial charge in [-0.2, -0.15) is 0 Å². The Kier molecular flexibility index (Phi) is 3.00. The van der Waals surface area contributed by atoms with Crippen LogP contribution in [0.3, 0.4) is 0 Å². The van der Waals surface area contributed by atoms with Crippen molar-refractivity contribution in [1.82, 2.24) is 0 Å². The lowest BCUT2D eigenvalue weighted by atomic mass is 10.1. The molecular formula is C8H7BrFNO2. The second-order valence-corrected chi connectivity index (χ2v) is 3.34. The maximum absolute atomic E-state index is 12.7. The summed E-state index contributed by atoms with van der Waals surface area (Å²) in [5.41, 5.74) is 5.54. The SMILES string of the molecule is N[C@H](C(=O)O)c1cc(F)ccc1Br. The second-order valence-electron chi connectivity index (χ2n) is 2.48. The molecule has 0 aliphatic rings. The number of rotatable bonds is 2. The van der Waals surface area contributed by atoms with Gasteiger partial charge in [-0.3, -0.25) is 4.79 Å². The van der Waals surface area contributed by atoms with E-state index in [1.54, 1.807) is 0 Å². The molecule has 0 saturated carbocycles. The second kappa shape index (κ2) is 3.85. The summed E-state index contributed by atoms with van der Waals surface area (Å²) in [5.74, 6) is -1.69. The molecule has 0 aliphatic heterocycles. The number of aliphatic carboxylic acids is 1. The van der Waals surface area contributed by atoms with Crippen molar-refractivity contribution >= 4 is 21.9 Å². The maximum atomic E-state index is 12.7. The fourth-order valence-electron chi connectivity index (χ4n) is 0.886. The number of carboxylic acids is 1. The predicted octanol–water partition coefficient (Wildman–Crippen LogP) is 1.67. The minimum absolute atomic E-state index is 0.229. The van der Waals surface area contributed by atoms with Gasteiger partial charge in [-0.15, -0.1) is 0 Å². The summed E-state index contributed by atoms with van der Waals surface area (Å²) in [6, 6.07) is 2.54. The summed E-state index contributed by atoms with van der Waals surface area (Å²) in [5, 5.41) is 8.58. The van der Waals surface area contributed by atoms with Gasteiger partial charge in [0, 0.05) is 4.47 Å². The minimum atomic E-state index is -1.20. The van der Waals surface area contributed by atoms with E-state index in [1.165, 1.54) is 12.1 Å². The third-order valence-electron chi connectivity index (χ3n) is 1.56. The molecule has 0 aliphatic carbocycles. The largest absolute Gasteiger partial charge is 0.480 e. The molecule has 0 spiro atoms. The van der Waals surface area contributed by atoms with Gasteiger partial charge in [0.15, 0.2) is 0 Å². The van der Waals surface area contributed by atoms with E-state index < -0.39 is 17.8 Å². The number of benzene rings is 1. The van der Waals surface area contributed by atoms with Crippen LogP contribution in [0.25, 0.3) is 0 Å². The van der Waals surface area contributed by atoms with Crippen LogP contribution >= 0.6 is 15.9 Å². The summed E-state index contributed by atoms with van der Waals surface area (Å²) in [4.78, 5) is 10.5. The highest BCUT2D eigenvalue weighted by atomic mass is 79.9. The summed E-state index contributed by atoms with van der Waals surface area (Å²) >= 11 is 3.09. The molecule has 0 unspecified atom stereocenters. The summed E-state index contributed by atoms with van der Waals surface area (Å²) in [7, 11) is 0. The van der Waals surface area contributed by atoms with E-state index in [2.05, 4.69) is 15.9 Å². The Morgan fingerprint density at radius 1 is 1.62 bits per heavy atom. The molecule has 5 heteroatoms. The first-order chi connectivity index (χ1) is 6.02. The number of halogens is 2. The van der Waals surface area contributed by atoms with Crippen molar-refractivity contribution in [3.05, 3.63) is 34.1 Å². The third kappa shape index (κ3) is 2.26. The van der Waals surface area contributed by atoms with Gasteiger partial charge in [-0.05, 0) is 23.8 Å².